The van der Waals surface area contributed by atoms with Crippen molar-refractivity contribution in [1.82, 2.24) is 0 Å². The van der Waals surface area contributed by atoms with Crippen LogP contribution >= 0.6 is 34.8 Å². The lowest BCUT2D eigenvalue weighted by atomic mass is 10.3. The SMILES string of the molecule is CC(Cl)C/C(Cl)=C/Cl. The topological polar surface area (TPSA) is 0 Å². The smallest absolute Gasteiger partial charge is 0.0357 e. The Labute approximate surface area is 64.4 Å². The van der Waals surface area contributed by atoms with Gasteiger partial charge in [0.15, 0.2) is 0 Å². The maximum absolute atomic E-state index is 5.57. The minimum Gasteiger partial charge on any atom is -0.123 e. The first-order valence-corrected chi connectivity index (χ1v) is 3.50. The van der Waals surface area contributed by atoms with Crippen molar-refractivity contribution in [2.45, 2.75) is 18.7 Å². The van der Waals surface area contributed by atoms with Crippen molar-refractivity contribution in [2.24, 2.45) is 0 Å². The third kappa shape index (κ3) is 4.76. The summed E-state index contributed by atoms with van der Waals surface area (Å²) >= 11 is 16.3. The summed E-state index contributed by atoms with van der Waals surface area (Å²) in [4.78, 5) is 0. The van der Waals surface area contributed by atoms with Crippen LogP contribution in [0.15, 0.2) is 10.6 Å². The van der Waals surface area contributed by atoms with Crippen molar-refractivity contribution in [3.63, 3.8) is 0 Å². The lowest BCUT2D eigenvalue weighted by Crippen LogP contribution is -1.87. The first kappa shape index (κ1) is 8.61. The van der Waals surface area contributed by atoms with E-state index in [1.54, 1.807) is 0 Å². The van der Waals surface area contributed by atoms with E-state index in [2.05, 4.69) is 0 Å². The highest BCUT2D eigenvalue weighted by Gasteiger charge is 1.97. The van der Waals surface area contributed by atoms with Crippen LogP contribution in [0.5, 0.6) is 0 Å². The molecule has 1 atom stereocenters. The Morgan fingerprint density at radius 1 is 1.75 bits per heavy atom. The molecular weight excluding hydrogens is 166 g/mol. The number of rotatable bonds is 2. The number of hydrogen-bond donors (Lipinski definition) is 0. The maximum atomic E-state index is 5.57. The highest BCUT2D eigenvalue weighted by atomic mass is 35.5. The molecule has 0 bridgehead atoms. The minimum absolute atomic E-state index is 0.0671. The second-order valence-corrected chi connectivity index (χ2v) is 2.99. The Hall–Kier alpha value is 0.610. The van der Waals surface area contributed by atoms with E-state index in [-0.39, 0.29) is 5.38 Å². The van der Waals surface area contributed by atoms with Crippen molar-refractivity contribution < 1.29 is 0 Å². The Morgan fingerprint density at radius 3 is 2.38 bits per heavy atom. The molecule has 0 amide bonds. The van der Waals surface area contributed by atoms with Crippen molar-refractivity contribution >= 4 is 34.8 Å². The summed E-state index contributed by atoms with van der Waals surface area (Å²) < 4.78 is 0. The summed E-state index contributed by atoms with van der Waals surface area (Å²) in [6.07, 6.45) is 0.645. The van der Waals surface area contributed by atoms with Gasteiger partial charge in [-0.3, -0.25) is 0 Å². The molecule has 0 radical (unpaired) electrons. The van der Waals surface area contributed by atoms with Gasteiger partial charge in [0.25, 0.3) is 0 Å². The van der Waals surface area contributed by atoms with Crippen LogP contribution in [0.1, 0.15) is 13.3 Å². The van der Waals surface area contributed by atoms with Gasteiger partial charge < -0.3 is 0 Å². The Balaban J connectivity index is 3.39. The molecule has 0 aromatic carbocycles. The van der Waals surface area contributed by atoms with Crippen LogP contribution in [0.2, 0.25) is 0 Å². The molecule has 0 aliphatic carbocycles. The number of alkyl halides is 1. The molecule has 0 aliphatic rings. The maximum Gasteiger partial charge on any atom is 0.0357 e. The van der Waals surface area contributed by atoms with Gasteiger partial charge in [0.2, 0.25) is 0 Å². The average Bonchev–Trinajstić information content (AvgIpc) is 1.65. The largest absolute Gasteiger partial charge is 0.123 e. The Kier molecular flexibility index (Phi) is 4.83. The molecule has 48 valence electrons. The zero-order valence-corrected chi connectivity index (χ0v) is 6.76. The van der Waals surface area contributed by atoms with E-state index in [1.165, 1.54) is 5.54 Å². The number of halogens is 3. The third-order valence-electron chi connectivity index (χ3n) is 0.595. The molecule has 1 unspecified atom stereocenters. The van der Waals surface area contributed by atoms with Crippen LogP contribution in [0, 0.1) is 0 Å². The first-order valence-electron chi connectivity index (χ1n) is 2.25. The molecule has 3 heteroatoms. The van der Waals surface area contributed by atoms with E-state index < -0.39 is 0 Å². The molecular formula is C5H7Cl3. The van der Waals surface area contributed by atoms with E-state index in [4.69, 9.17) is 34.8 Å². The Morgan fingerprint density at radius 2 is 2.25 bits per heavy atom. The molecule has 0 nitrogen and oxygen atoms in total. The van der Waals surface area contributed by atoms with Gasteiger partial charge in [-0.1, -0.05) is 23.2 Å². The number of hydrogen-bond acceptors (Lipinski definition) is 0. The normalized spacial score (nSPS) is 16.2. The Bertz CT molecular complexity index is 85.7. The predicted octanol–water partition coefficient (Wildman–Crippen LogP) is 3.32. The quantitative estimate of drug-likeness (QED) is 0.562. The molecule has 0 aromatic rings. The molecule has 8 heavy (non-hydrogen) atoms. The van der Waals surface area contributed by atoms with Crippen molar-refractivity contribution in [1.29, 1.82) is 0 Å². The highest BCUT2D eigenvalue weighted by Crippen LogP contribution is 2.14. The summed E-state index contributed by atoms with van der Waals surface area (Å²) in [6.45, 7) is 1.87. The van der Waals surface area contributed by atoms with Gasteiger partial charge in [-0.25, -0.2) is 0 Å². The molecule has 0 N–H and O–H groups in total. The van der Waals surface area contributed by atoms with Crippen LogP contribution in [0.3, 0.4) is 0 Å². The summed E-state index contributed by atoms with van der Waals surface area (Å²) in [5, 5.41) is 0.673. The lowest BCUT2D eigenvalue weighted by molar-refractivity contribution is 0.956. The average molecular weight is 173 g/mol. The summed E-state index contributed by atoms with van der Waals surface area (Å²) in [5.41, 5.74) is 1.33. The second kappa shape index (κ2) is 4.49. The third-order valence-corrected chi connectivity index (χ3v) is 1.39. The van der Waals surface area contributed by atoms with Crippen LogP contribution < -0.4 is 0 Å². The molecule has 0 fully saturated rings. The van der Waals surface area contributed by atoms with Crippen LogP contribution in [-0.2, 0) is 0 Å². The van der Waals surface area contributed by atoms with Gasteiger partial charge in [0, 0.05) is 22.4 Å². The van der Waals surface area contributed by atoms with Crippen LogP contribution in [0.25, 0.3) is 0 Å². The van der Waals surface area contributed by atoms with Gasteiger partial charge in [0.1, 0.15) is 0 Å². The van der Waals surface area contributed by atoms with E-state index in [1.807, 2.05) is 6.92 Å². The second-order valence-electron chi connectivity index (χ2n) is 1.54. The predicted molar refractivity (Wildman–Crippen MR) is 39.7 cm³/mol. The van der Waals surface area contributed by atoms with E-state index in [9.17, 15) is 0 Å². The van der Waals surface area contributed by atoms with Crippen LogP contribution in [-0.4, -0.2) is 5.38 Å². The van der Waals surface area contributed by atoms with Crippen LogP contribution in [0.4, 0.5) is 0 Å². The van der Waals surface area contributed by atoms with E-state index in [0.717, 1.165) is 0 Å². The number of allylic oxidation sites excluding steroid dienone is 1. The van der Waals surface area contributed by atoms with E-state index in [0.29, 0.717) is 11.5 Å². The minimum atomic E-state index is 0.0671. The fraction of sp³-hybridized carbons (Fsp3) is 0.600. The summed E-state index contributed by atoms with van der Waals surface area (Å²) in [6, 6.07) is 0. The molecule has 0 aliphatic heterocycles. The molecule has 0 heterocycles. The van der Waals surface area contributed by atoms with Crippen molar-refractivity contribution in [3.05, 3.63) is 10.6 Å². The van der Waals surface area contributed by atoms with Gasteiger partial charge in [-0.05, 0) is 6.92 Å². The van der Waals surface area contributed by atoms with Crippen molar-refractivity contribution in [2.75, 3.05) is 0 Å². The molecule has 0 saturated carbocycles. The monoisotopic (exact) mass is 172 g/mol. The zero-order valence-electron chi connectivity index (χ0n) is 4.50. The van der Waals surface area contributed by atoms with Gasteiger partial charge in [-0.15, -0.1) is 11.6 Å². The molecule has 0 aromatic heterocycles. The first-order chi connectivity index (χ1) is 3.66. The van der Waals surface area contributed by atoms with Crippen molar-refractivity contribution in [3.8, 4) is 0 Å². The summed E-state index contributed by atoms with van der Waals surface area (Å²) in [7, 11) is 0. The fourth-order valence-electron chi connectivity index (χ4n) is 0.313. The molecule has 0 saturated heterocycles. The van der Waals surface area contributed by atoms with Gasteiger partial charge in [-0.2, -0.15) is 0 Å². The zero-order chi connectivity index (χ0) is 6.57. The summed E-state index contributed by atoms with van der Waals surface area (Å²) in [5.74, 6) is 0. The lowest BCUT2D eigenvalue weighted by Gasteiger charge is -1.96. The fourth-order valence-corrected chi connectivity index (χ4v) is 0.879. The van der Waals surface area contributed by atoms with Gasteiger partial charge in [0.05, 0.1) is 0 Å². The highest BCUT2D eigenvalue weighted by molar-refractivity contribution is 6.36. The van der Waals surface area contributed by atoms with E-state index >= 15 is 0 Å². The molecule has 0 rings (SSSR count). The molecule has 0 spiro atoms. The van der Waals surface area contributed by atoms with Gasteiger partial charge >= 0.3 is 0 Å². The standard InChI is InChI=1S/C5H7Cl3/c1-4(7)2-5(8)3-6/h3-4H,2H2,1H3/b5-3-.